The van der Waals surface area contributed by atoms with E-state index in [0.717, 1.165) is 30.2 Å². The molecule has 96 valence electrons. The summed E-state index contributed by atoms with van der Waals surface area (Å²) in [5.74, 6) is 0.903. The third-order valence-electron chi connectivity index (χ3n) is 2.46. The number of nitrogens with zero attached hydrogens (tertiary/aromatic N) is 2. The molecule has 0 bridgehead atoms. The fourth-order valence-electron chi connectivity index (χ4n) is 1.55. The van der Waals surface area contributed by atoms with E-state index in [4.69, 9.17) is 4.74 Å². The highest BCUT2D eigenvalue weighted by Gasteiger charge is 2.04. The van der Waals surface area contributed by atoms with Crippen molar-refractivity contribution >= 4 is 17.2 Å². The lowest BCUT2D eigenvalue weighted by Crippen LogP contribution is -2.04. The number of anilines is 1. The molecule has 0 fully saturated rings. The van der Waals surface area contributed by atoms with Crippen LogP contribution in [0.25, 0.3) is 0 Å². The largest absolute Gasteiger partial charge is 0.491 e. The SMILES string of the molecule is CCCOc1cc(C)ccc1NCc1csnn1. The van der Waals surface area contributed by atoms with Crippen LogP contribution >= 0.6 is 11.5 Å². The molecule has 0 saturated heterocycles. The Labute approximate surface area is 111 Å². The first-order valence-electron chi connectivity index (χ1n) is 6.03. The Balaban J connectivity index is 2.05. The van der Waals surface area contributed by atoms with Crippen LogP contribution in [0.2, 0.25) is 0 Å². The van der Waals surface area contributed by atoms with E-state index in [1.165, 1.54) is 17.1 Å². The van der Waals surface area contributed by atoms with Crippen molar-refractivity contribution in [2.45, 2.75) is 26.8 Å². The molecule has 18 heavy (non-hydrogen) atoms. The Morgan fingerprint density at radius 3 is 3.00 bits per heavy atom. The Morgan fingerprint density at radius 2 is 2.28 bits per heavy atom. The van der Waals surface area contributed by atoms with Gasteiger partial charge in [0.15, 0.2) is 0 Å². The van der Waals surface area contributed by atoms with Crippen LogP contribution in [-0.4, -0.2) is 16.2 Å². The van der Waals surface area contributed by atoms with Crippen LogP contribution in [-0.2, 0) is 6.54 Å². The van der Waals surface area contributed by atoms with Crippen molar-refractivity contribution in [2.24, 2.45) is 0 Å². The highest BCUT2D eigenvalue weighted by Crippen LogP contribution is 2.26. The topological polar surface area (TPSA) is 47.0 Å². The van der Waals surface area contributed by atoms with Gasteiger partial charge in [-0.1, -0.05) is 17.5 Å². The van der Waals surface area contributed by atoms with Gasteiger partial charge in [0.2, 0.25) is 0 Å². The standard InChI is InChI=1S/C13H17N3OS/c1-3-6-17-13-7-10(2)4-5-12(13)14-8-11-9-18-16-15-11/h4-5,7,9,14H,3,6,8H2,1-2H3. The number of ether oxygens (including phenoxy) is 1. The molecule has 4 nitrogen and oxygen atoms in total. The van der Waals surface area contributed by atoms with Crippen LogP contribution < -0.4 is 10.1 Å². The van der Waals surface area contributed by atoms with Gasteiger partial charge in [0.05, 0.1) is 24.5 Å². The summed E-state index contributed by atoms with van der Waals surface area (Å²) in [6, 6.07) is 6.16. The quantitative estimate of drug-likeness (QED) is 0.869. The van der Waals surface area contributed by atoms with Gasteiger partial charge in [-0.3, -0.25) is 0 Å². The van der Waals surface area contributed by atoms with E-state index in [0.29, 0.717) is 6.54 Å². The predicted octanol–water partition coefficient (Wildman–Crippen LogP) is 3.25. The molecule has 0 aliphatic heterocycles. The first kappa shape index (κ1) is 12.8. The number of hydrogen-bond acceptors (Lipinski definition) is 5. The Hall–Kier alpha value is -1.62. The molecule has 0 aliphatic carbocycles. The van der Waals surface area contributed by atoms with Gasteiger partial charge in [-0.05, 0) is 42.6 Å². The summed E-state index contributed by atoms with van der Waals surface area (Å²) < 4.78 is 9.58. The van der Waals surface area contributed by atoms with E-state index in [1.54, 1.807) is 0 Å². The van der Waals surface area contributed by atoms with Gasteiger partial charge in [-0.25, -0.2) is 0 Å². The minimum absolute atomic E-state index is 0.669. The molecular weight excluding hydrogens is 246 g/mol. The zero-order valence-electron chi connectivity index (χ0n) is 10.6. The van der Waals surface area contributed by atoms with E-state index >= 15 is 0 Å². The normalized spacial score (nSPS) is 10.3. The second-order valence-electron chi connectivity index (χ2n) is 4.10. The van der Waals surface area contributed by atoms with E-state index in [2.05, 4.69) is 40.9 Å². The predicted molar refractivity (Wildman–Crippen MR) is 74.2 cm³/mol. The highest BCUT2D eigenvalue weighted by molar-refractivity contribution is 7.03. The van der Waals surface area contributed by atoms with Crippen LogP contribution in [0.1, 0.15) is 24.6 Å². The molecule has 1 aromatic heterocycles. The summed E-state index contributed by atoms with van der Waals surface area (Å²) in [6.45, 7) is 5.56. The summed E-state index contributed by atoms with van der Waals surface area (Å²) in [4.78, 5) is 0. The second kappa shape index (κ2) is 6.35. The monoisotopic (exact) mass is 263 g/mol. The smallest absolute Gasteiger partial charge is 0.142 e. The van der Waals surface area contributed by atoms with Crippen molar-refractivity contribution in [3.05, 3.63) is 34.8 Å². The van der Waals surface area contributed by atoms with E-state index in [-0.39, 0.29) is 0 Å². The third-order valence-corrected chi connectivity index (χ3v) is 3.02. The fourth-order valence-corrected chi connectivity index (χ4v) is 2.01. The number of nitrogens with one attached hydrogen (secondary N) is 1. The number of benzene rings is 1. The lowest BCUT2D eigenvalue weighted by Gasteiger charge is -2.13. The molecule has 0 atom stereocenters. The minimum atomic E-state index is 0.669. The molecule has 5 heteroatoms. The van der Waals surface area contributed by atoms with Crippen molar-refractivity contribution in [1.82, 2.24) is 9.59 Å². The van der Waals surface area contributed by atoms with Crippen molar-refractivity contribution in [3.63, 3.8) is 0 Å². The van der Waals surface area contributed by atoms with Gasteiger partial charge in [-0.2, -0.15) is 0 Å². The molecule has 2 rings (SSSR count). The number of aryl methyl sites for hydroxylation is 1. The summed E-state index contributed by atoms with van der Waals surface area (Å²) >= 11 is 1.36. The maximum atomic E-state index is 5.74. The summed E-state index contributed by atoms with van der Waals surface area (Å²) in [6.07, 6.45) is 1.00. The molecule has 1 N–H and O–H groups in total. The van der Waals surface area contributed by atoms with E-state index in [9.17, 15) is 0 Å². The number of rotatable bonds is 6. The first-order chi connectivity index (χ1) is 8.79. The molecular formula is C13H17N3OS. The zero-order valence-corrected chi connectivity index (χ0v) is 11.5. The van der Waals surface area contributed by atoms with Gasteiger partial charge in [-0.15, -0.1) is 5.10 Å². The Kier molecular flexibility index (Phi) is 4.52. The molecule has 0 spiro atoms. The van der Waals surface area contributed by atoms with E-state index < -0.39 is 0 Å². The lowest BCUT2D eigenvalue weighted by atomic mass is 10.2. The van der Waals surface area contributed by atoms with Crippen LogP contribution in [0.15, 0.2) is 23.6 Å². The first-order valence-corrected chi connectivity index (χ1v) is 6.86. The zero-order chi connectivity index (χ0) is 12.8. The van der Waals surface area contributed by atoms with Gasteiger partial charge in [0, 0.05) is 5.38 Å². The molecule has 0 saturated carbocycles. The van der Waals surface area contributed by atoms with Crippen LogP contribution in [0, 0.1) is 6.92 Å². The van der Waals surface area contributed by atoms with Crippen LogP contribution in [0.4, 0.5) is 5.69 Å². The average molecular weight is 263 g/mol. The van der Waals surface area contributed by atoms with Gasteiger partial charge in [0.1, 0.15) is 5.75 Å². The molecule has 1 aromatic carbocycles. The molecule has 0 aliphatic rings. The van der Waals surface area contributed by atoms with Crippen LogP contribution in [0.3, 0.4) is 0 Å². The fraction of sp³-hybridized carbons (Fsp3) is 0.385. The van der Waals surface area contributed by atoms with Crippen molar-refractivity contribution in [1.29, 1.82) is 0 Å². The van der Waals surface area contributed by atoms with Crippen molar-refractivity contribution < 1.29 is 4.74 Å². The Morgan fingerprint density at radius 1 is 1.39 bits per heavy atom. The van der Waals surface area contributed by atoms with Gasteiger partial charge < -0.3 is 10.1 Å². The van der Waals surface area contributed by atoms with Crippen molar-refractivity contribution in [2.75, 3.05) is 11.9 Å². The number of hydrogen-bond donors (Lipinski definition) is 1. The highest BCUT2D eigenvalue weighted by atomic mass is 32.1. The average Bonchev–Trinajstić information content (AvgIpc) is 2.88. The molecule has 1 heterocycles. The number of aromatic nitrogens is 2. The third kappa shape index (κ3) is 3.43. The molecule has 2 aromatic rings. The van der Waals surface area contributed by atoms with Gasteiger partial charge in [0.25, 0.3) is 0 Å². The van der Waals surface area contributed by atoms with Crippen LogP contribution in [0.5, 0.6) is 5.75 Å². The maximum absolute atomic E-state index is 5.74. The minimum Gasteiger partial charge on any atom is -0.491 e. The molecule has 0 amide bonds. The molecule has 0 radical (unpaired) electrons. The Bertz CT molecular complexity index is 485. The van der Waals surface area contributed by atoms with Crippen molar-refractivity contribution in [3.8, 4) is 5.75 Å². The second-order valence-corrected chi connectivity index (χ2v) is 4.71. The summed E-state index contributed by atoms with van der Waals surface area (Å²) in [5.41, 5.74) is 3.14. The van der Waals surface area contributed by atoms with E-state index in [1.807, 2.05) is 11.4 Å². The molecule has 0 unspecified atom stereocenters. The maximum Gasteiger partial charge on any atom is 0.142 e. The van der Waals surface area contributed by atoms with Gasteiger partial charge >= 0.3 is 0 Å². The summed E-state index contributed by atoms with van der Waals surface area (Å²) in [5, 5.41) is 9.28. The lowest BCUT2D eigenvalue weighted by molar-refractivity contribution is 0.318. The summed E-state index contributed by atoms with van der Waals surface area (Å²) in [7, 11) is 0.